The van der Waals surface area contributed by atoms with Gasteiger partial charge in [0.15, 0.2) is 0 Å². The van der Waals surface area contributed by atoms with Crippen molar-refractivity contribution < 1.29 is 12.8 Å². The molecule has 0 heterocycles. The highest BCUT2D eigenvalue weighted by Crippen LogP contribution is 2.07. The Morgan fingerprint density at radius 2 is 2.10 bits per heavy atom. The Morgan fingerprint density at radius 3 is 2.40 bits per heavy atom. The van der Waals surface area contributed by atoms with Gasteiger partial charge in [-0.1, -0.05) is 6.92 Å². The minimum absolute atomic E-state index is 0.378. The Balaban J connectivity index is 4.12. The van der Waals surface area contributed by atoms with Crippen molar-refractivity contribution in [3.63, 3.8) is 0 Å². The highest BCUT2D eigenvalue weighted by Gasteiger charge is 2.16. The number of alkyl halides is 1. The maximum absolute atomic E-state index is 11.6. The zero-order valence-electron chi connectivity index (χ0n) is 5.55. The molecule has 6 heteroatoms. The van der Waals surface area contributed by atoms with Crippen LogP contribution in [0, 0.1) is 0 Å². The zero-order chi connectivity index (χ0) is 8.20. The first-order valence-electron chi connectivity index (χ1n) is 2.76. The van der Waals surface area contributed by atoms with Gasteiger partial charge in [0.05, 0.1) is 5.75 Å². The van der Waals surface area contributed by atoms with Gasteiger partial charge in [0, 0.05) is 29.4 Å². The van der Waals surface area contributed by atoms with Crippen molar-refractivity contribution in [1.82, 2.24) is 2.52 Å². The van der Waals surface area contributed by atoms with Crippen molar-refractivity contribution in [2.45, 2.75) is 6.92 Å². The molecule has 0 N–H and O–H groups in total. The highest BCUT2D eigenvalue weighted by atomic mass is 127. The highest BCUT2D eigenvalue weighted by molar-refractivity contribution is 14.1. The molecule has 0 aliphatic rings. The van der Waals surface area contributed by atoms with Crippen molar-refractivity contribution in [1.29, 1.82) is 0 Å². The summed E-state index contributed by atoms with van der Waals surface area (Å²) in [7, 11) is -3.32. The largest absolute Gasteiger partial charge is 0.250 e. The third-order valence-electron chi connectivity index (χ3n) is 0.886. The van der Waals surface area contributed by atoms with Crippen molar-refractivity contribution in [2.24, 2.45) is 0 Å². The standard InChI is InChI=1S/C4H9FINO2S/c1-2-7(6)10(8,9)4-3-5/h2-4H2,1H3. The van der Waals surface area contributed by atoms with Gasteiger partial charge in [-0.3, -0.25) is 0 Å². The summed E-state index contributed by atoms with van der Waals surface area (Å²) in [4.78, 5) is 0. The molecule has 62 valence electrons. The van der Waals surface area contributed by atoms with Crippen LogP contribution in [0.5, 0.6) is 0 Å². The summed E-state index contributed by atoms with van der Waals surface area (Å²) in [5.74, 6) is -0.413. The Kier molecular flexibility index (Phi) is 4.70. The van der Waals surface area contributed by atoms with Gasteiger partial charge < -0.3 is 0 Å². The Labute approximate surface area is 74.1 Å². The molecule has 0 atom stereocenters. The second-order valence-electron chi connectivity index (χ2n) is 1.61. The Bertz CT molecular complexity index is 182. The van der Waals surface area contributed by atoms with Crippen LogP contribution in [-0.4, -0.2) is 29.9 Å². The average molecular weight is 281 g/mol. The first-order chi connectivity index (χ1) is 4.54. The lowest BCUT2D eigenvalue weighted by Crippen LogP contribution is -2.24. The van der Waals surface area contributed by atoms with E-state index in [0.717, 1.165) is 2.52 Å². The monoisotopic (exact) mass is 281 g/mol. The molecule has 0 spiro atoms. The van der Waals surface area contributed by atoms with Crippen molar-refractivity contribution in [3.05, 3.63) is 0 Å². The molecule has 0 amide bonds. The lowest BCUT2D eigenvalue weighted by atomic mass is 10.8. The summed E-state index contributed by atoms with van der Waals surface area (Å²) < 4.78 is 34.4. The van der Waals surface area contributed by atoms with Crippen molar-refractivity contribution in [3.8, 4) is 0 Å². The van der Waals surface area contributed by atoms with Crippen LogP contribution in [0.25, 0.3) is 0 Å². The molecule has 0 radical (unpaired) electrons. The van der Waals surface area contributed by atoms with Crippen LogP contribution >= 0.6 is 22.9 Å². The fourth-order valence-electron chi connectivity index (χ4n) is 0.393. The van der Waals surface area contributed by atoms with Gasteiger partial charge in [-0.25, -0.2) is 12.8 Å². The van der Waals surface area contributed by atoms with Gasteiger partial charge in [-0.2, -0.15) is 0 Å². The van der Waals surface area contributed by atoms with Crippen LogP contribution in [0.2, 0.25) is 0 Å². The molecule has 0 fully saturated rings. The first kappa shape index (κ1) is 10.6. The molecule has 0 rings (SSSR count). The summed E-state index contributed by atoms with van der Waals surface area (Å²) >= 11 is 1.65. The van der Waals surface area contributed by atoms with Crippen LogP contribution in [0.15, 0.2) is 0 Å². The van der Waals surface area contributed by atoms with E-state index in [1.807, 2.05) is 0 Å². The molecule has 0 aliphatic carbocycles. The van der Waals surface area contributed by atoms with Gasteiger partial charge in [0.25, 0.3) is 0 Å². The van der Waals surface area contributed by atoms with Crippen LogP contribution in [0.4, 0.5) is 4.39 Å². The summed E-state index contributed by atoms with van der Waals surface area (Å²) in [6, 6.07) is 0. The molecule has 0 saturated heterocycles. The minimum atomic E-state index is -3.32. The fourth-order valence-corrected chi connectivity index (χ4v) is 1.77. The van der Waals surface area contributed by atoms with Gasteiger partial charge in [0.1, 0.15) is 6.67 Å². The molecule has 0 aromatic carbocycles. The second kappa shape index (κ2) is 4.45. The summed E-state index contributed by atoms with van der Waals surface area (Å²) in [5, 5.41) is 0. The van der Waals surface area contributed by atoms with E-state index in [2.05, 4.69) is 0 Å². The number of hydrogen-bond acceptors (Lipinski definition) is 2. The number of rotatable bonds is 4. The zero-order valence-corrected chi connectivity index (χ0v) is 8.52. The summed E-state index contributed by atoms with van der Waals surface area (Å²) in [6.45, 7) is 1.26. The second-order valence-corrected chi connectivity index (χ2v) is 5.44. The minimum Gasteiger partial charge on any atom is -0.250 e. The lowest BCUT2D eigenvalue weighted by Gasteiger charge is -2.09. The SMILES string of the molecule is CCN(I)S(=O)(=O)CCF. The van der Waals surface area contributed by atoms with E-state index in [4.69, 9.17) is 0 Å². The third kappa shape index (κ3) is 3.11. The topological polar surface area (TPSA) is 37.4 Å². The molecule has 10 heavy (non-hydrogen) atoms. The molecule has 0 bridgehead atoms. The number of hydrogen-bond donors (Lipinski definition) is 0. The third-order valence-corrected chi connectivity index (χ3v) is 4.90. The summed E-state index contributed by atoms with van der Waals surface area (Å²) in [5.41, 5.74) is 0. The maximum atomic E-state index is 11.6. The summed E-state index contributed by atoms with van der Waals surface area (Å²) in [6.07, 6.45) is 0. The van der Waals surface area contributed by atoms with E-state index in [1.54, 1.807) is 29.8 Å². The van der Waals surface area contributed by atoms with Crippen molar-refractivity contribution >= 4 is 32.9 Å². The Morgan fingerprint density at radius 1 is 1.60 bits per heavy atom. The van der Waals surface area contributed by atoms with E-state index in [0.29, 0.717) is 6.54 Å². The average Bonchev–Trinajstić information content (AvgIpc) is 1.86. The lowest BCUT2D eigenvalue weighted by molar-refractivity contribution is 0.505. The van der Waals surface area contributed by atoms with E-state index in [9.17, 15) is 12.8 Å². The first-order valence-corrected chi connectivity index (χ1v) is 5.34. The predicted molar refractivity (Wildman–Crippen MR) is 46.2 cm³/mol. The number of halogens is 2. The molecule has 0 aliphatic heterocycles. The maximum Gasteiger partial charge on any atom is 0.225 e. The van der Waals surface area contributed by atoms with Crippen molar-refractivity contribution in [2.75, 3.05) is 19.0 Å². The van der Waals surface area contributed by atoms with E-state index >= 15 is 0 Å². The van der Waals surface area contributed by atoms with Gasteiger partial charge in [-0.05, 0) is 0 Å². The predicted octanol–water partition coefficient (Wildman–Crippen LogP) is 0.958. The molecular weight excluding hydrogens is 272 g/mol. The molecule has 0 unspecified atom stereocenters. The fraction of sp³-hybridized carbons (Fsp3) is 1.00. The number of sulfonamides is 1. The number of nitrogens with zero attached hydrogens (tertiary/aromatic N) is 1. The van der Waals surface area contributed by atoms with Crippen LogP contribution in [0.3, 0.4) is 0 Å². The van der Waals surface area contributed by atoms with E-state index < -0.39 is 22.5 Å². The van der Waals surface area contributed by atoms with Crippen LogP contribution < -0.4 is 0 Å². The van der Waals surface area contributed by atoms with Gasteiger partial charge in [-0.15, -0.1) is 2.52 Å². The molecule has 0 aromatic heterocycles. The molecule has 3 nitrogen and oxygen atoms in total. The van der Waals surface area contributed by atoms with Gasteiger partial charge in [0.2, 0.25) is 10.0 Å². The molecule has 0 saturated carbocycles. The van der Waals surface area contributed by atoms with Crippen LogP contribution in [0.1, 0.15) is 6.92 Å². The molecule has 0 aromatic rings. The molecular formula is C4H9FINO2S. The van der Waals surface area contributed by atoms with Gasteiger partial charge >= 0.3 is 0 Å². The van der Waals surface area contributed by atoms with Crippen LogP contribution in [-0.2, 0) is 10.0 Å². The quantitative estimate of drug-likeness (QED) is 0.568. The smallest absolute Gasteiger partial charge is 0.225 e. The van der Waals surface area contributed by atoms with E-state index in [1.165, 1.54) is 0 Å². The Hall–Kier alpha value is 0.570. The van der Waals surface area contributed by atoms with E-state index in [-0.39, 0.29) is 0 Å². The normalized spacial score (nSPS) is 12.4.